The van der Waals surface area contributed by atoms with Crippen LogP contribution in [0.15, 0.2) is 183 Å². The number of halogens is 4. The van der Waals surface area contributed by atoms with Gasteiger partial charge in [-0.3, -0.25) is 9.13 Å². The van der Waals surface area contributed by atoms with Gasteiger partial charge in [-0.05, 0) is 111 Å². The molecule has 0 atom stereocenters. The fraction of sp³-hybridized carbons (Fsp3) is 0.133. The van der Waals surface area contributed by atoms with Crippen LogP contribution >= 0.6 is 78.1 Å². The number of hydrogen-bond donors (Lipinski definition) is 0. The van der Waals surface area contributed by atoms with Crippen LogP contribution in [-0.2, 0) is 21.5 Å². The molecule has 2 aliphatic heterocycles. The van der Waals surface area contributed by atoms with E-state index in [-0.39, 0.29) is 0 Å². The summed E-state index contributed by atoms with van der Waals surface area (Å²) >= 11 is 9.30. The van der Waals surface area contributed by atoms with E-state index in [1.165, 1.54) is 0 Å². The number of aromatic nitrogens is 4. The number of nitrogens with zero attached hydrogens (tertiary/aromatic N) is 8. The second-order valence-corrected chi connectivity index (χ2v) is 41.0. The molecule has 10 aromatic rings. The summed E-state index contributed by atoms with van der Waals surface area (Å²) in [4.78, 5) is 17.8. The van der Waals surface area contributed by atoms with Crippen LogP contribution in [0, 0.1) is 13.3 Å². The minimum absolute atomic E-state index is 0.746. The molecule has 0 saturated heterocycles. The average molecular weight is 1670 g/mol. The van der Waals surface area contributed by atoms with E-state index in [0.29, 0.717) is 0 Å². The normalized spacial score (nSPS) is 12.3. The molecule has 0 bridgehead atoms. The molecule has 2 aromatic heterocycles. The van der Waals surface area contributed by atoms with Crippen molar-refractivity contribution in [3.05, 3.63) is 196 Å². The zero-order valence-electron chi connectivity index (χ0n) is 43.1. The van der Waals surface area contributed by atoms with Crippen molar-refractivity contribution in [1.29, 1.82) is 0 Å². The summed E-state index contributed by atoms with van der Waals surface area (Å²) in [5, 5.41) is 0. The molecule has 0 spiro atoms. The van der Waals surface area contributed by atoms with Crippen LogP contribution in [0.3, 0.4) is 0 Å². The first-order valence-electron chi connectivity index (χ1n) is 24.4. The summed E-state index contributed by atoms with van der Waals surface area (Å²) in [6.07, 6.45) is 3.72. The van der Waals surface area contributed by atoms with Crippen molar-refractivity contribution in [3.8, 4) is 56.6 Å². The second kappa shape index (κ2) is 27.7. The zero-order valence-corrected chi connectivity index (χ0v) is 54.8. The molecular formula is C60H52I4N8O4Pd2. The number of hydrogen-bond acceptors (Lipinski definition) is 10. The standard InChI is InChI=1S/2C30H26N4O2.4HI.2Pd/c2*1-4-32-20-34(24-14-8-7-13-23(24)32)26-16-10-18-28(36-3)30(26)29-25(15-9-17-27(29)35-2)33-19-31-21-11-5-6-12-22(21)33;;;;;;/h2*5-19H,4H2,1-3H3;4*1H;;/q;;;;;;2*+2/p-4. The van der Waals surface area contributed by atoms with E-state index >= 15 is 0 Å². The first-order chi connectivity index (χ1) is 38.3. The van der Waals surface area contributed by atoms with Gasteiger partial charge in [-0.2, -0.15) is 0 Å². The van der Waals surface area contributed by atoms with Crippen molar-refractivity contribution < 1.29 is 40.5 Å². The van der Waals surface area contributed by atoms with E-state index in [9.17, 15) is 0 Å². The molecule has 0 fully saturated rings. The van der Waals surface area contributed by atoms with Gasteiger partial charge in [0, 0.05) is 13.1 Å². The van der Waals surface area contributed by atoms with Crippen LogP contribution in [0.25, 0.3) is 55.7 Å². The third kappa shape index (κ3) is 11.7. The molecule has 0 N–H and O–H groups in total. The summed E-state index contributed by atoms with van der Waals surface area (Å²) in [7, 11) is 8.59. The molecular weight excluding hydrogens is 1620 g/mol. The Hall–Kier alpha value is -4.66. The van der Waals surface area contributed by atoms with E-state index in [1.807, 2.05) is 97.6 Å². The predicted molar refractivity (Wildman–Crippen MR) is 345 cm³/mol. The number of imidazole rings is 2. The van der Waals surface area contributed by atoms with Gasteiger partial charge >= 0.3 is 99.6 Å². The van der Waals surface area contributed by atoms with Gasteiger partial charge in [0.2, 0.25) is 13.3 Å². The van der Waals surface area contributed by atoms with Gasteiger partial charge in [-0.1, -0.05) is 72.8 Å². The number of fused-ring (bicyclic) bond motifs is 4. The van der Waals surface area contributed by atoms with Crippen LogP contribution in [-0.4, -0.2) is 60.6 Å². The quantitative estimate of drug-likeness (QED) is 0.0871. The Kier molecular flexibility index (Phi) is 20.6. The molecule has 18 heteroatoms. The molecule has 0 aliphatic carbocycles. The Morgan fingerprint density at radius 1 is 0.372 bits per heavy atom. The van der Waals surface area contributed by atoms with Crippen LogP contribution in [0.4, 0.5) is 34.1 Å². The van der Waals surface area contributed by atoms with Crippen molar-refractivity contribution in [2.24, 2.45) is 0 Å². The molecule has 78 heavy (non-hydrogen) atoms. The SMILES string of the molecule is CCN1[C]N(c2cccc(OC)c2-c2c(OC)cccc2-n2cnc3ccccc32)c2ccccc21.CCN1[C]N(c2cccc(OC)c2-c2c(OC)cccc2-n2cnc3ccccc32)c2ccccc21.[I][Pd][I].[I][Pd][I]. The monoisotopic (exact) mass is 1670 g/mol. The van der Waals surface area contributed by atoms with Crippen LogP contribution in [0.2, 0.25) is 0 Å². The van der Waals surface area contributed by atoms with Gasteiger partial charge in [-0.15, -0.1) is 0 Å². The molecule has 0 unspecified atom stereocenters. The topological polar surface area (TPSA) is 85.5 Å². The van der Waals surface area contributed by atoms with E-state index < -0.39 is 0 Å². The molecule has 12 rings (SSSR count). The Morgan fingerprint density at radius 3 is 0.987 bits per heavy atom. The molecule has 0 saturated carbocycles. The van der Waals surface area contributed by atoms with Gasteiger partial charge < -0.3 is 38.5 Å². The average Bonchev–Trinajstić information content (AvgIpc) is 4.35. The third-order valence-electron chi connectivity index (χ3n) is 13.2. The minimum atomic E-state index is 0.746. The molecule has 2 aliphatic rings. The van der Waals surface area contributed by atoms with E-state index in [1.54, 1.807) is 28.4 Å². The molecule has 12 nitrogen and oxygen atoms in total. The van der Waals surface area contributed by atoms with Crippen molar-refractivity contribution in [2.45, 2.75) is 13.8 Å². The fourth-order valence-electron chi connectivity index (χ4n) is 9.91. The van der Waals surface area contributed by atoms with Crippen LogP contribution in [0.1, 0.15) is 13.8 Å². The van der Waals surface area contributed by atoms with Crippen molar-refractivity contribution in [2.75, 3.05) is 61.1 Å². The molecule has 4 radical (unpaired) electrons. The number of ether oxygens (including phenoxy) is 4. The summed E-state index contributed by atoms with van der Waals surface area (Å²) in [6.45, 7) is 13.0. The van der Waals surface area contributed by atoms with E-state index in [2.05, 4.69) is 229 Å². The number of methoxy groups -OCH3 is 4. The predicted octanol–water partition coefficient (Wildman–Crippen LogP) is 16.9. The van der Waals surface area contributed by atoms with Gasteiger partial charge in [0.25, 0.3) is 0 Å². The van der Waals surface area contributed by atoms with E-state index in [4.69, 9.17) is 18.9 Å². The summed E-state index contributed by atoms with van der Waals surface area (Å²) < 4.78 is 28.0. The van der Waals surface area contributed by atoms with Crippen LogP contribution < -0.4 is 38.5 Å². The Bertz CT molecular complexity index is 3420. The van der Waals surface area contributed by atoms with Crippen molar-refractivity contribution >= 4 is 134 Å². The maximum absolute atomic E-state index is 5.95. The Morgan fingerprint density at radius 2 is 0.654 bits per heavy atom. The molecule has 404 valence electrons. The second-order valence-electron chi connectivity index (χ2n) is 17.1. The van der Waals surface area contributed by atoms with E-state index in [0.717, 1.165) is 147 Å². The summed E-state index contributed by atoms with van der Waals surface area (Å²) in [6, 6.07) is 57.3. The Balaban J connectivity index is 0.000000172. The molecule has 8 aromatic carbocycles. The molecule has 4 heterocycles. The molecule has 0 amide bonds. The van der Waals surface area contributed by atoms with Gasteiger partial charge in [-0.25, -0.2) is 9.97 Å². The van der Waals surface area contributed by atoms with Gasteiger partial charge in [0.15, 0.2) is 0 Å². The van der Waals surface area contributed by atoms with Gasteiger partial charge in [0.1, 0.15) is 35.7 Å². The summed E-state index contributed by atoms with van der Waals surface area (Å²) in [5.41, 5.74) is 15.8. The first kappa shape index (κ1) is 58.0. The number of para-hydroxylation sites is 8. The first-order valence-corrected chi connectivity index (χ1v) is 42.9. The zero-order chi connectivity index (χ0) is 54.7. The van der Waals surface area contributed by atoms with Gasteiger partial charge in [0.05, 0.1) is 118 Å². The third-order valence-corrected chi connectivity index (χ3v) is 13.2. The fourth-order valence-corrected chi connectivity index (χ4v) is 9.91. The number of rotatable bonds is 12. The van der Waals surface area contributed by atoms with Crippen LogP contribution in [0.5, 0.6) is 23.0 Å². The van der Waals surface area contributed by atoms with Crippen molar-refractivity contribution in [3.63, 3.8) is 0 Å². The van der Waals surface area contributed by atoms with Crippen molar-refractivity contribution in [1.82, 2.24) is 19.1 Å². The maximum atomic E-state index is 5.95. The Labute approximate surface area is 515 Å². The number of benzene rings is 8. The number of anilines is 6. The summed E-state index contributed by atoms with van der Waals surface area (Å²) in [5.74, 6) is 2.99.